The van der Waals surface area contributed by atoms with Gasteiger partial charge in [-0.1, -0.05) is 65.2 Å². The van der Waals surface area contributed by atoms with Gasteiger partial charge in [-0.15, -0.1) is 0 Å². The molecule has 0 saturated carbocycles. The summed E-state index contributed by atoms with van der Waals surface area (Å²) in [6.07, 6.45) is 18.8. The van der Waals surface area contributed by atoms with Crippen LogP contribution in [0.25, 0.3) is 0 Å². The first-order chi connectivity index (χ1) is 15.1. The van der Waals surface area contributed by atoms with Crippen molar-refractivity contribution in [2.45, 2.75) is 114 Å². The first-order valence-corrected chi connectivity index (χ1v) is 12.5. The highest BCUT2D eigenvalue weighted by atomic mass is 16.7. The van der Waals surface area contributed by atoms with E-state index in [4.69, 9.17) is 9.47 Å². The van der Waals surface area contributed by atoms with Gasteiger partial charge in [-0.3, -0.25) is 0 Å². The average molecular weight is 445 g/mol. The number of rotatable bonds is 17. The lowest BCUT2D eigenvalue weighted by molar-refractivity contribution is -0.137. The van der Waals surface area contributed by atoms with Crippen molar-refractivity contribution in [3.8, 4) is 0 Å². The van der Waals surface area contributed by atoms with Crippen molar-refractivity contribution in [3.05, 3.63) is 58.2 Å². The summed E-state index contributed by atoms with van der Waals surface area (Å²) in [5.41, 5.74) is 6.92. The minimum atomic E-state index is -0.152. The molecular formula is C30H52O2. The van der Waals surface area contributed by atoms with Crippen molar-refractivity contribution in [3.63, 3.8) is 0 Å². The highest BCUT2D eigenvalue weighted by molar-refractivity contribution is 5.03. The molecule has 0 fully saturated rings. The molecule has 0 rings (SSSR count). The third-order valence-electron chi connectivity index (χ3n) is 5.42. The molecule has 0 unspecified atom stereocenters. The van der Waals surface area contributed by atoms with Crippen molar-refractivity contribution in [2.24, 2.45) is 5.92 Å². The molecule has 0 aliphatic rings. The summed E-state index contributed by atoms with van der Waals surface area (Å²) in [6.45, 7) is 20.9. The van der Waals surface area contributed by atoms with Crippen LogP contribution in [0.4, 0.5) is 0 Å². The number of hydrogen-bond donors (Lipinski definition) is 0. The maximum atomic E-state index is 6.16. The predicted molar refractivity (Wildman–Crippen MR) is 143 cm³/mol. The predicted octanol–water partition coefficient (Wildman–Crippen LogP) is 9.50. The smallest absolute Gasteiger partial charge is 0.158 e. The number of allylic oxidation sites excluding steroid dienone is 8. The van der Waals surface area contributed by atoms with Crippen molar-refractivity contribution in [1.82, 2.24) is 0 Å². The molecule has 32 heavy (non-hydrogen) atoms. The SMILES string of the molecule is CC(C)=CCC/C(C)=C/COC(C[C@@H](C)CCC=C(C)C)OC/C=C(\C)CCC=C(C)C. The van der Waals surface area contributed by atoms with E-state index >= 15 is 0 Å². The topological polar surface area (TPSA) is 18.5 Å². The molecule has 0 radical (unpaired) electrons. The van der Waals surface area contributed by atoms with E-state index in [1.54, 1.807) is 0 Å². The van der Waals surface area contributed by atoms with E-state index < -0.39 is 0 Å². The zero-order valence-corrected chi connectivity index (χ0v) is 22.7. The van der Waals surface area contributed by atoms with Crippen LogP contribution in [0.1, 0.15) is 107 Å². The molecule has 0 aromatic carbocycles. The summed E-state index contributed by atoms with van der Waals surface area (Å²) in [5.74, 6) is 0.570. The second-order valence-electron chi connectivity index (χ2n) is 10.0. The second kappa shape index (κ2) is 19.1. The molecule has 0 spiro atoms. The van der Waals surface area contributed by atoms with Gasteiger partial charge in [0, 0.05) is 6.42 Å². The fourth-order valence-corrected chi connectivity index (χ4v) is 3.26. The molecule has 0 amide bonds. The Balaban J connectivity index is 4.72. The molecule has 0 aromatic rings. The van der Waals surface area contributed by atoms with Gasteiger partial charge in [-0.25, -0.2) is 0 Å². The first kappa shape index (κ1) is 30.6. The van der Waals surface area contributed by atoms with Crippen molar-refractivity contribution < 1.29 is 9.47 Å². The van der Waals surface area contributed by atoms with Gasteiger partial charge in [0.05, 0.1) is 13.2 Å². The Kier molecular flexibility index (Phi) is 18.3. The summed E-state index contributed by atoms with van der Waals surface area (Å²) in [6, 6.07) is 0. The molecule has 2 nitrogen and oxygen atoms in total. The van der Waals surface area contributed by atoms with Gasteiger partial charge in [0.2, 0.25) is 0 Å². The van der Waals surface area contributed by atoms with E-state index in [-0.39, 0.29) is 6.29 Å². The zero-order valence-electron chi connectivity index (χ0n) is 22.7. The van der Waals surface area contributed by atoms with Gasteiger partial charge in [-0.2, -0.15) is 0 Å². The summed E-state index contributed by atoms with van der Waals surface area (Å²) in [5, 5.41) is 0. The van der Waals surface area contributed by atoms with E-state index in [0.717, 1.165) is 38.5 Å². The van der Waals surface area contributed by atoms with Gasteiger partial charge in [0.15, 0.2) is 6.29 Å². The fraction of sp³-hybridized carbons (Fsp3) is 0.667. The van der Waals surface area contributed by atoms with E-state index in [9.17, 15) is 0 Å². The van der Waals surface area contributed by atoms with Crippen LogP contribution in [0.3, 0.4) is 0 Å². The van der Waals surface area contributed by atoms with Crippen LogP contribution < -0.4 is 0 Å². The van der Waals surface area contributed by atoms with Gasteiger partial charge in [0.25, 0.3) is 0 Å². The Morgan fingerprint density at radius 3 is 1.41 bits per heavy atom. The third-order valence-corrected chi connectivity index (χ3v) is 5.42. The Bertz CT molecular complexity index is 592. The highest BCUT2D eigenvalue weighted by Crippen LogP contribution is 2.18. The van der Waals surface area contributed by atoms with Crippen molar-refractivity contribution in [2.75, 3.05) is 13.2 Å². The van der Waals surface area contributed by atoms with E-state index in [0.29, 0.717) is 19.1 Å². The lowest BCUT2D eigenvalue weighted by Crippen LogP contribution is -2.21. The summed E-state index contributed by atoms with van der Waals surface area (Å²) in [7, 11) is 0. The average Bonchev–Trinajstić information content (AvgIpc) is 2.66. The van der Waals surface area contributed by atoms with E-state index in [2.05, 4.69) is 92.7 Å². The lowest BCUT2D eigenvalue weighted by Gasteiger charge is -2.21. The fourth-order valence-electron chi connectivity index (χ4n) is 3.26. The minimum absolute atomic E-state index is 0.152. The summed E-state index contributed by atoms with van der Waals surface area (Å²) >= 11 is 0. The first-order valence-electron chi connectivity index (χ1n) is 12.5. The molecule has 1 atom stereocenters. The van der Waals surface area contributed by atoms with Crippen LogP contribution in [0.15, 0.2) is 58.2 Å². The van der Waals surface area contributed by atoms with E-state index in [1.807, 2.05) is 0 Å². The molecule has 0 N–H and O–H groups in total. The second-order valence-corrected chi connectivity index (χ2v) is 10.0. The molecule has 0 aliphatic carbocycles. The Morgan fingerprint density at radius 2 is 1.00 bits per heavy atom. The standard InChI is InChI=1S/C30H52O2/c1-24(2)13-10-16-27(7)19-21-31-30(23-29(9)18-12-15-26(5)6)32-22-20-28(8)17-11-14-25(3)4/h13-15,19-20,29-30H,10-12,16-18,21-23H2,1-9H3/b27-19+,28-20+/t29-/m0/s1. The quantitative estimate of drug-likeness (QED) is 0.164. The van der Waals surface area contributed by atoms with Crippen LogP contribution in [0.2, 0.25) is 0 Å². The largest absolute Gasteiger partial charge is 0.349 e. The number of hydrogen-bond acceptors (Lipinski definition) is 2. The Labute approximate surface area is 200 Å². The molecule has 0 saturated heterocycles. The molecule has 0 bridgehead atoms. The number of ether oxygens (including phenoxy) is 2. The molecule has 0 heterocycles. The summed E-state index contributed by atoms with van der Waals surface area (Å²) < 4.78 is 12.3. The van der Waals surface area contributed by atoms with E-state index in [1.165, 1.54) is 34.3 Å². The van der Waals surface area contributed by atoms with Crippen LogP contribution >= 0.6 is 0 Å². The van der Waals surface area contributed by atoms with Gasteiger partial charge >= 0.3 is 0 Å². The monoisotopic (exact) mass is 444 g/mol. The maximum Gasteiger partial charge on any atom is 0.158 e. The van der Waals surface area contributed by atoms with Gasteiger partial charge < -0.3 is 9.47 Å². The maximum absolute atomic E-state index is 6.16. The van der Waals surface area contributed by atoms with Crippen LogP contribution in [-0.4, -0.2) is 19.5 Å². The van der Waals surface area contributed by atoms with Crippen LogP contribution in [0, 0.1) is 5.92 Å². The molecule has 0 aliphatic heterocycles. The van der Waals surface area contributed by atoms with Crippen LogP contribution in [-0.2, 0) is 9.47 Å². The van der Waals surface area contributed by atoms with Gasteiger partial charge in [0.1, 0.15) is 0 Å². The van der Waals surface area contributed by atoms with Crippen molar-refractivity contribution >= 4 is 0 Å². The molecule has 0 aromatic heterocycles. The summed E-state index contributed by atoms with van der Waals surface area (Å²) in [4.78, 5) is 0. The molecule has 2 heteroatoms. The Hall–Kier alpha value is -1.38. The highest BCUT2D eigenvalue weighted by Gasteiger charge is 2.13. The molecular weight excluding hydrogens is 392 g/mol. The minimum Gasteiger partial charge on any atom is -0.349 e. The van der Waals surface area contributed by atoms with Crippen molar-refractivity contribution in [1.29, 1.82) is 0 Å². The third kappa shape index (κ3) is 20.5. The molecule has 184 valence electrons. The van der Waals surface area contributed by atoms with Crippen LogP contribution in [0.5, 0.6) is 0 Å². The Morgan fingerprint density at radius 1 is 0.594 bits per heavy atom. The zero-order chi connectivity index (χ0) is 24.4. The van der Waals surface area contributed by atoms with Gasteiger partial charge in [-0.05, 0) is 99.8 Å². The lowest BCUT2D eigenvalue weighted by atomic mass is 10.0. The normalized spacial score (nSPS) is 14.0.